The molecule has 0 bridgehead atoms. The SMILES string of the molecule is C[NH+]1CCN(C(=O)CCN2C(=O)c3cc(Cl)c(Cl)cc3C2=O)CC1. The maximum Gasteiger partial charge on any atom is 0.261 e. The second-order valence-electron chi connectivity index (χ2n) is 6.16. The van der Waals surface area contributed by atoms with Crippen LogP contribution in [0, 0.1) is 0 Å². The van der Waals surface area contributed by atoms with Crippen LogP contribution in [0.2, 0.25) is 10.0 Å². The number of amides is 3. The van der Waals surface area contributed by atoms with Crippen molar-refractivity contribution in [3.05, 3.63) is 33.3 Å². The van der Waals surface area contributed by atoms with E-state index < -0.39 is 11.8 Å². The van der Waals surface area contributed by atoms with Crippen LogP contribution in [0.4, 0.5) is 0 Å². The van der Waals surface area contributed by atoms with Gasteiger partial charge in [0.05, 0.1) is 54.4 Å². The molecule has 2 heterocycles. The van der Waals surface area contributed by atoms with E-state index in [0.29, 0.717) is 13.1 Å². The number of carbonyl (C=O) groups excluding carboxylic acids is 3. The van der Waals surface area contributed by atoms with Crippen LogP contribution in [0.15, 0.2) is 12.1 Å². The van der Waals surface area contributed by atoms with Crippen LogP contribution in [0.5, 0.6) is 0 Å². The Bertz CT molecular complexity index is 674. The standard InChI is InChI=1S/C16H17Cl2N3O3/c1-19-4-6-20(7-5-19)14(22)2-3-21-15(23)10-8-12(17)13(18)9-11(10)16(21)24/h8-9H,2-7H2,1H3/p+1. The number of imide groups is 1. The Morgan fingerprint density at radius 1 is 1.08 bits per heavy atom. The summed E-state index contributed by atoms with van der Waals surface area (Å²) in [6, 6.07) is 2.81. The number of piperazine rings is 1. The molecule has 1 fully saturated rings. The van der Waals surface area contributed by atoms with Crippen LogP contribution >= 0.6 is 23.2 Å². The van der Waals surface area contributed by atoms with Gasteiger partial charge in [-0.25, -0.2) is 0 Å². The van der Waals surface area contributed by atoms with Crippen molar-refractivity contribution in [3.8, 4) is 0 Å². The molecule has 0 radical (unpaired) electrons. The van der Waals surface area contributed by atoms with Gasteiger partial charge in [-0.05, 0) is 12.1 Å². The van der Waals surface area contributed by atoms with Gasteiger partial charge in [0.25, 0.3) is 11.8 Å². The van der Waals surface area contributed by atoms with Gasteiger partial charge in [-0.15, -0.1) is 0 Å². The number of halogens is 2. The molecule has 128 valence electrons. The first kappa shape index (κ1) is 17.2. The van der Waals surface area contributed by atoms with Gasteiger partial charge in [-0.3, -0.25) is 19.3 Å². The normalized spacial score (nSPS) is 18.3. The third-order valence-corrected chi connectivity index (χ3v) is 5.25. The number of quaternary nitrogens is 1. The molecule has 24 heavy (non-hydrogen) atoms. The van der Waals surface area contributed by atoms with Crippen molar-refractivity contribution < 1.29 is 19.3 Å². The molecule has 3 rings (SSSR count). The zero-order chi connectivity index (χ0) is 17.4. The Morgan fingerprint density at radius 3 is 2.08 bits per heavy atom. The van der Waals surface area contributed by atoms with Gasteiger partial charge in [0.1, 0.15) is 0 Å². The summed E-state index contributed by atoms with van der Waals surface area (Å²) in [4.78, 5) is 41.3. The molecule has 1 N–H and O–H groups in total. The number of likely N-dealkylation sites (N-methyl/N-ethyl adjacent to an activating group) is 1. The largest absolute Gasteiger partial charge is 0.334 e. The summed E-state index contributed by atoms with van der Waals surface area (Å²) in [6.07, 6.45) is 0.131. The fourth-order valence-electron chi connectivity index (χ4n) is 2.99. The minimum atomic E-state index is -0.427. The van der Waals surface area contributed by atoms with E-state index in [2.05, 4.69) is 7.05 Å². The highest BCUT2D eigenvalue weighted by atomic mass is 35.5. The number of hydrogen-bond donors (Lipinski definition) is 1. The first-order valence-corrected chi connectivity index (χ1v) is 8.58. The second kappa shape index (κ2) is 6.70. The smallest absolute Gasteiger partial charge is 0.261 e. The molecule has 1 aromatic rings. The fraction of sp³-hybridized carbons (Fsp3) is 0.438. The number of benzene rings is 1. The fourth-order valence-corrected chi connectivity index (χ4v) is 3.32. The van der Waals surface area contributed by atoms with Crippen molar-refractivity contribution in [1.29, 1.82) is 0 Å². The second-order valence-corrected chi connectivity index (χ2v) is 6.98. The van der Waals surface area contributed by atoms with Crippen LogP contribution < -0.4 is 4.90 Å². The quantitative estimate of drug-likeness (QED) is 0.780. The summed E-state index contributed by atoms with van der Waals surface area (Å²) in [5.74, 6) is -0.886. The van der Waals surface area contributed by atoms with Crippen molar-refractivity contribution in [2.75, 3.05) is 39.8 Å². The summed E-state index contributed by atoms with van der Waals surface area (Å²) >= 11 is 11.8. The topological polar surface area (TPSA) is 62.1 Å². The van der Waals surface area contributed by atoms with Crippen molar-refractivity contribution in [2.24, 2.45) is 0 Å². The maximum absolute atomic E-state index is 12.4. The first-order valence-electron chi connectivity index (χ1n) is 7.83. The van der Waals surface area contributed by atoms with E-state index in [1.54, 1.807) is 4.90 Å². The molecule has 2 aliphatic rings. The van der Waals surface area contributed by atoms with Crippen LogP contribution in [0.3, 0.4) is 0 Å². The lowest BCUT2D eigenvalue weighted by atomic mass is 10.1. The van der Waals surface area contributed by atoms with Crippen LogP contribution in [0.25, 0.3) is 0 Å². The van der Waals surface area contributed by atoms with E-state index in [9.17, 15) is 14.4 Å². The van der Waals surface area contributed by atoms with Gasteiger partial charge in [0.2, 0.25) is 5.91 Å². The van der Waals surface area contributed by atoms with Crippen molar-refractivity contribution in [1.82, 2.24) is 9.80 Å². The number of rotatable bonds is 3. The Balaban J connectivity index is 1.65. The highest BCUT2D eigenvalue weighted by Gasteiger charge is 2.36. The van der Waals surface area contributed by atoms with E-state index in [0.717, 1.165) is 18.0 Å². The molecular formula is C16H18Cl2N3O3+. The number of carbonyl (C=O) groups is 3. The summed E-state index contributed by atoms with van der Waals surface area (Å²) in [5.41, 5.74) is 0.482. The Labute approximate surface area is 149 Å². The lowest BCUT2D eigenvalue weighted by Crippen LogP contribution is -3.12. The molecule has 1 aromatic carbocycles. The summed E-state index contributed by atoms with van der Waals surface area (Å²) in [7, 11) is 2.09. The van der Waals surface area contributed by atoms with E-state index in [4.69, 9.17) is 23.2 Å². The van der Waals surface area contributed by atoms with E-state index >= 15 is 0 Å². The lowest BCUT2D eigenvalue weighted by Gasteiger charge is -2.30. The van der Waals surface area contributed by atoms with E-state index in [-0.39, 0.29) is 40.0 Å². The van der Waals surface area contributed by atoms with Crippen molar-refractivity contribution >= 4 is 40.9 Å². The maximum atomic E-state index is 12.4. The monoisotopic (exact) mass is 370 g/mol. The highest BCUT2D eigenvalue weighted by molar-refractivity contribution is 6.43. The van der Waals surface area contributed by atoms with Gasteiger partial charge in [-0.1, -0.05) is 23.2 Å². The molecule has 0 aromatic heterocycles. The Hall–Kier alpha value is -1.63. The molecule has 8 heteroatoms. The van der Waals surface area contributed by atoms with Gasteiger partial charge in [-0.2, -0.15) is 0 Å². The Kier molecular flexibility index (Phi) is 4.80. The summed E-state index contributed by atoms with van der Waals surface area (Å²) in [6.45, 7) is 3.31. The summed E-state index contributed by atoms with van der Waals surface area (Å²) < 4.78 is 0. The molecular weight excluding hydrogens is 353 g/mol. The number of fused-ring (bicyclic) bond motifs is 1. The molecule has 0 spiro atoms. The van der Waals surface area contributed by atoms with Crippen LogP contribution in [-0.4, -0.2) is 67.3 Å². The van der Waals surface area contributed by atoms with E-state index in [1.807, 2.05) is 0 Å². The first-order chi connectivity index (χ1) is 11.4. The van der Waals surface area contributed by atoms with Crippen LogP contribution in [0.1, 0.15) is 27.1 Å². The average molecular weight is 371 g/mol. The van der Waals surface area contributed by atoms with Gasteiger partial charge in [0, 0.05) is 13.0 Å². The van der Waals surface area contributed by atoms with E-state index in [1.165, 1.54) is 17.0 Å². The molecule has 0 saturated carbocycles. The molecule has 0 aliphatic carbocycles. The average Bonchev–Trinajstić information content (AvgIpc) is 2.78. The minimum absolute atomic E-state index is 0.0323. The lowest BCUT2D eigenvalue weighted by molar-refractivity contribution is -0.883. The Morgan fingerprint density at radius 2 is 1.58 bits per heavy atom. The minimum Gasteiger partial charge on any atom is -0.334 e. The summed E-state index contributed by atoms with van der Waals surface area (Å²) in [5, 5.41) is 0.462. The predicted octanol–water partition coefficient (Wildman–Crippen LogP) is 0.336. The van der Waals surface area contributed by atoms with Crippen LogP contribution in [-0.2, 0) is 4.79 Å². The highest BCUT2D eigenvalue weighted by Crippen LogP contribution is 2.31. The molecule has 3 amide bonds. The molecule has 2 aliphatic heterocycles. The third kappa shape index (κ3) is 3.14. The molecule has 0 unspecified atom stereocenters. The van der Waals surface area contributed by atoms with Gasteiger partial charge in [0.15, 0.2) is 0 Å². The zero-order valence-corrected chi connectivity index (χ0v) is 14.8. The number of nitrogens with one attached hydrogen (secondary N) is 1. The molecule has 1 saturated heterocycles. The van der Waals surface area contributed by atoms with Gasteiger partial charge >= 0.3 is 0 Å². The molecule has 6 nitrogen and oxygen atoms in total. The van der Waals surface area contributed by atoms with Gasteiger partial charge < -0.3 is 9.80 Å². The molecule has 0 atom stereocenters. The zero-order valence-electron chi connectivity index (χ0n) is 13.3. The van der Waals surface area contributed by atoms with Crippen molar-refractivity contribution in [2.45, 2.75) is 6.42 Å². The predicted molar refractivity (Wildman–Crippen MR) is 89.6 cm³/mol. The third-order valence-electron chi connectivity index (χ3n) is 4.53. The van der Waals surface area contributed by atoms with Crippen molar-refractivity contribution in [3.63, 3.8) is 0 Å². The number of hydrogen-bond acceptors (Lipinski definition) is 3. The number of nitrogens with zero attached hydrogens (tertiary/aromatic N) is 2.